The van der Waals surface area contributed by atoms with Gasteiger partial charge < -0.3 is 19.9 Å². The molecule has 0 aliphatic heterocycles. The quantitative estimate of drug-likeness (QED) is 0.606. The second-order valence-corrected chi connectivity index (χ2v) is 8.38. The van der Waals surface area contributed by atoms with Crippen molar-refractivity contribution in [1.29, 1.82) is 0 Å². The minimum Gasteiger partial charge on any atom is -0.480 e. The Morgan fingerprint density at radius 2 is 1.97 bits per heavy atom. The number of carboxylic acid groups (broad SMARTS) is 1. The van der Waals surface area contributed by atoms with Gasteiger partial charge in [-0.1, -0.05) is 37.5 Å². The molecule has 2 N–H and O–H groups in total. The van der Waals surface area contributed by atoms with Crippen LogP contribution in [0.25, 0.3) is 10.9 Å². The molecule has 1 aliphatic carbocycles. The molecular formula is C24H30N4O2. The molecule has 0 bridgehead atoms. The van der Waals surface area contributed by atoms with E-state index in [0.717, 1.165) is 53.7 Å². The van der Waals surface area contributed by atoms with Gasteiger partial charge in [0.15, 0.2) is 0 Å². The van der Waals surface area contributed by atoms with Crippen LogP contribution < -0.4 is 9.80 Å². The summed E-state index contributed by atoms with van der Waals surface area (Å²) in [6.45, 7) is 0. The Hall–Kier alpha value is -3.02. The van der Waals surface area contributed by atoms with Gasteiger partial charge in [0.2, 0.25) is 0 Å². The number of carbonyl (C=O) groups is 1. The first-order valence-electron chi connectivity index (χ1n) is 10.7. The molecule has 1 atom stereocenters. The summed E-state index contributed by atoms with van der Waals surface area (Å²) < 4.78 is 0. The fraction of sp³-hybridized carbons (Fsp3) is 0.417. The molecule has 2 aromatic heterocycles. The maximum absolute atomic E-state index is 12.5. The first-order chi connectivity index (χ1) is 14.5. The predicted octanol–water partition coefficient (Wildman–Crippen LogP) is 4.46. The Bertz CT molecular complexity index is 1010. The van der Waals surface area contributed by atoms with Gasteiger partial charge in [-0.15, -0.1) is 0 Å². The van der Waals surface area contributed by atoms with E-state index in [-0.39, 0.29) is 6.04 Å². The zero-order valence-electron chi connectivity index (χ0n) is 17.7. The van der Waals surface area contributed by atoms with Crippen molar-refractivity contribution in [2.45, 2.75) is 50.6 Å². The fourth-order valence-electron chi connectivity index (χ4n) is 4.60. The summed E-state index contributed by atoms with van der Waals surface area (Å²) in [5.74, 6) is -0.0525. The largest absolute Gasteiger partial charge is 0.480 e. The Labute approximate surface area is 177 Å². The number of H-pyrrole nitrogens is 1. The van der Waals surface area contributed by atoms with Crippen LogP contribution in [-0.4, -0.2) is 47.2 Å². The molecular weight excluding hydrogens is 376 g/mol. The number of rotatable bonds is 7. The number of aromatic amines is 1. The predicted molar refractivity (Wildman–Crippen MR) is 121 cm³/mol. The highest BCUT2D eigenvalue weighted by atomic mass is 16.4. The molecule has 3 aromatic rings. The van der Waals surface area contributed by atoms with Gasteiger partial charge in [0.25, 0.3) is 0 Å². The van der Waals surface area contributed by atoms with Crippen LogP contribution in [-0.2, 0) is 11.2 Å². The van der Waals surface area contributed by atoms with Crippen molar-refractivity contribution in [2.24, 2.45) is 0 Å². The van der Waals surface area contributed by atoms with Gasteiger partial charge in [0.1, 0.15) is 11.9 Å². The number of pyridine rings is 1. The van der Waals surface area contributed by atoms with E-state index in [1.807, 2.05) is 55.5 Å². The zero-order valence-corrected chi connectivity index (χ0v) is 17.7. The highest BCUT2D eigenvalue weighted by Gasteiger charge is 2.34. The molecule has 0 spiro atoms. The summed E-state index contributed by atoms with van der Waals surface area (Å²) in [6, 6.07) is 11.6. The van der Waals surface area contributed by atoms with E-state index in [9.17, 15) is 9.90 Å². The third-order valence-corrected chi connectivity index (χ3v) is 6.19. The van der Waals surface area contributed by atoms with E-state index < -0.39 is 12.0 Å². The molecule has 6 nitrogen and oxygen atoms in total. The number of benzene rings is 1. The van der Waals surface area contributed by atoms with Crippen molar-refractivity contribution in [3.63, 3.8) is 0 Å². The number of anilines is 2. The minimum atomic E-state index is -0.803. The SMILES string of the molecule is CN(C)c1ccnc(N(C2CCCCC2)C(Cc2c[nH]c3ccccc23)C(=O)O)c1. The first-order valence-corrected chi connectivity index (χ1v) is 10.7. The fourth-order valence-corrected chi connectivity index (χ4v) is 4.60. The van der Waals surface area contributed by atoms with Gasteiger partial charge in [-0.05, 0) is 30.5 Å². The number of hydrogen-bond acceptors (Lipinski definition) is 4. The van der Waals surface area contributed by atoms with Crippen molar-refractivity contribution in [3.8, 4) is 0 Å². The number of aromatic nitrogens is 2. The van der Waals surface area contributed by atoms with Crippen LogP contribution in [0, 0.1) is 0 Å². The summed E-state index contributed by atoms with van der Waals surface area (Å²) >= 11 is 0. The van der Waals surface area contributed by atoms with Gasteiger partial charge in [0.05, 0.1) is 0 Å². The van der Waals surface area contributed by atoms with Gasteiger partial charge >= 0.3 is 5.97 Å². The van der Waals surface area contributed by atoms with Crippen molar-refractivity contribution in [3.05, 3.63) is 54.4 Å². The summed E-state index contributed by atoms with van der Waals surface area (Å²) in [4.78, 5) is 24.6. The second kappa shape index (κ2) is 8.78. The number of fused-ring (bicyclic) bond motifs is 1. The van der Waals surface area contributed by atoms with Gasteiger partial charge in [-0.2, -0.15) is 0 Å². The summed E-state index contributed by atoms with van der Waals surface area (Å²) in [5.41, 5.74) is 3.09. The van der Waals surface area contributed by atoms with Crippen LogP contribution in [0.15, 0.2) is 48.8 Å². The highest BCUT2D eigenvalue weighted by Crippen LogP contribution is 2.32. The van der Waals surface area contributed by atoms with Crippen LogP contribution >= 0.6 is 0 Å². The maximum atomic E-state index is 12.5. The standard InChI is InChI=1S/C24H30N4O2/c1-27(2)19-12-13-25-23(15-19)28(18-8-4-3-5-9-18)22(24(29)30)14-17-16-26-21-11-7-6-10-20(17)21/h6-7,10-13,15-16,18,22,26H,3-5,8-9,14H2,1-2H3,(H,29,30). The lowest BCUT2D eigenvalue weighted by molar-refractivity contribution is -0.138. The van der Waals surface area contributed by atoms with E-state index in [0.29, 0.717) is 6.42 Å². The molecule has 0 saturated heterocycles. The van der Waals surface area contributed by atoms with Crippen molar-refractivity contribution in [2.75, 3.05) is 23.9 Å². The summed E-state index contributed by atoms with van der Waals surface area (Å²) in [5, 5.41) is 11.4. The average Bonchev–Trinajstić information content (AvgIpc) is 3.17. The van der Waals surface area contributed by atoms with Crippen LogP contribution in [0.3, 0.4) is 0 Å². The van der Waals surface area contributed by atoms with E-state index in [1.165, 1.54) is 6.42 Å². The third-order valence-electron chi connectivity index (χ3n) is 6.19. The van der Waals surface area contributed by atoms with E-state index in [1.54, 1.807) is 6.20 Å². The number of para-hydroxylation sites is 1. The zero-order chi connectivity index (χ0) is 21.1. The monoisotopic (exact) mass is 406 g/mol. The molecule has 1 fully saturated rings. The summed E-state index contributed by atoms with van der Waals surface area (Å²) in [6.07, 6.45) is 9.66. The lowest BCUT2D eigenvalue weighted by Crippen LogP contribution is -2.50. The number of nitrogens with one attached hydrogen (secondary N) is 1. The smallest absolute Gasteiger partial charge is 0.326 e. The molecule has 0 radical (unpaired) electrons. The first kappa shape index (κ1) is 20.3. The highest BCUT2D eigenvalue weighted by molar-refractivity contribution is 5.85. The average molecular weight is 407 g/mol. The molecule has 30 heavy (non-hydrogen) atoms. The Balaban J connectivity index is 1.74. The third kappa shape index (κ3) is 4.13. The number of aliphatic carboxylic acids is 1. The van der Waals surface area contributed by atoms with Crippen LogP contribution in [0.2, 0.25) is 0 Å². The molecule has 1 aromatic carbocycles. The maximum Gasteiger partial charge on any atom is 0.326 e. The molecule has 1 aliphatic rings. The molecule has 1 saturated carbocycles. The van der Waals surface area contributed by atoms with E-state index >= 15 is 0 Å². The Morgan fingerprint density at radius 1 is 1.20 bits per heavy atom. The number of hydrogen-bond donors (Lipinski definition) is 2. The van der Waals surface area contributed by atoms with Crippen molar-refractivity contribution in [1.82, 2.24) is 9.97 Å². The van der Waals surface area contributed by atoms with Crippen molar-refractivity contribution < 1.29 is 9.90 Å². The molecule has 6 heteroatoms. The van der Waals surface area contributed by atoms with Crippen LogP contribution in [0.4, 0.5) is 11.5 Å². The number of carboxylic acids is 1. The van der Waals surface area contributed by atoms with E-state index in [4.69, 9.17) is 0 Å². The molecule has 2 heterocycles. The lowest BCUT2D eigenvalue weighted by Gasteiger charge is -2.39. The molecule has 0 amide bonds. The van der Waals surface area contributed by atoms with Crippen LogP contribution in [0.1, 0.15) is 37.7 Å². The Kier molecular flexibility index (Phi) is 5.93. The topological polar surface area (TPSA) is 72.5 Å². The molecule has 158 valence electrons. The van der Waals surface area contributed by atoms with E-state index in [2.05, 4.69) is 20.9 Å². The van der Waals surface area contributed by atoms with Crippen LogP contribution in [0.5, 0.6) is 0 Å². The molecule has 1 unspecified atom stereocenters. The lowest BCUT2D eigenvalue weighted by atomic mass is 9.91. The number of nitrogens with zero attached hydrogens (tertiary/aromatic N) is 3. The molecule has 4 rings (SSSR count). The minimum absolute atomic E-state index is 0.190. The summed E-state index contributed by atoms with van der Waals surface area (Å²) in [7, 11) is 3.98. The second-order valence-electron chi connectivity index (χ2n) is 8.38. The van der Waals surface area contributed by atoms with Gasteiger partial charge in [-0.25, -0.2) is 9.78 Å². The van der Waals surface area contributed by atoms with Gasteiger partial charge in [-0.3, -0.25) is 0 Å². The Morgan fingerprint density at radius 3 is 2.70 bits per heavy atom. The normalized spacial score (nSPS) is 15.8. The van der Waals surface area contributed by atoms with Crippen molar-refractivity contribution >= 4 is 28.4 Å². The van der Waals surface area contributed by atoms with Gasteiger partial charge in [0, 0.05) is 61.6 Å².